The van der Waals surface area contributed by atoms with Crippen molar-refractivity contribution >= 4 is 23.8 Å². The fourth-order valence-electron chi connectivity index (χ4n) is 4.62. The zero-order chi connectivity index (χ0) is 25.9. The number of aryl methyl sites for hydroxylation is 1. The maximum absolute atomic E-state index is 6.76. The molecular formula is C33H24ClN3O. The minimum atomic E-state index is 0.619. The molecule has 0 N–H and O–H groups in total. The van der Waals surface area contributed by atoms with E-state index in [1.165, 1.54) is 0 Å². The summed E-state index contributed by atoms with van der Waals surface area (Å²) in [5.41, 5.74) is 7.29. The molecule has 38 heavy (non-hydrogen) atoms. The topological polar surface area (TPSA) is 43.9 Å². The van der Waals surface area contributed by atoms with Crippen LogP contribution in [0.15, 0.2) is 120 Å². The molecule has 4 nitrogen and oxygen atoms in total. The second-order valence-corrected chi connectivity index (χ2v) is 9.31. The standard InChI is InChI=1S/C33H24ClN3O/c1-23-31(29(38-36-23)22-21-24-13-5-2-6-14-24)37-32(26-17-9-4-10-18-26)30(25-15-7-3-8-16-25)35-33(37)27-19-11-12-20-28(27)34/h2-22H,1H3/b22-21+. The Labute approximate surface area is 226 Å². The van der Waals surface area contributed by atoms with Crippen LogP contribution in [0.2, 0.25) is 5.02 Å². The molecule has 0 aliphatic heterocycles. The highest BCUT2D eigenvalue weighted by molar-refractivity contribution is 6.33. The lowest BCUT2D eigenvalue weighted by atomic mass is 10.0. The molecule has 0 saturated carbocycles. The van der Waals surface area contributed by atoms with Crippen molar-refractivity contribution in [1.29, 1.82) is 0 Å². The quantitative estimate of drug-likeness (QED) is 0.223. The van der Waals surface area contributed by atoms with E-state index < -0.39 is 0 Å². The fourth-order valence-corrected chi connectivity index (χ4v) is 4.84. The SMILES string of the molecule is Cc1noc(/C=C/c2ccccc2)c1-n1c(-c2ccccc2Cl)nc(-c2ccccc2)c1-c1ccccc1. The molecule has 6 rings (SSSR count). The molecule has 0 spiro atoms. The van der Waals surface area contributed by atoms with Crippen molar-refractivity contribution in [3.8, 4) is 39.6 Å². The lowest BCUT2D eigenvalue weighted by molar-refractivity contribution is 0.408. The Morgan fingerprint density at radius 2 is 1.32 bits per heavy atom. The van der Waals surface area contributed by atoms with Crippen molar-refractivity contribution in [2.24, 2.45) is 0 Å². The van der Waals surface area contributed by atoms with Crippen LogP contribution in [0.4, 0.5) is 0 Å². The van der Waals surface area contributed by atoms with Gasteiger partial charge in [0.05, 0.1) is 16.4 Å². The predicted molar refractivity (Wildman–Crippen MR) is 155 cm³/mol. The van der Waals surface area contributed by atoms with Crippen LogP contribution >= 0.6 is 11.6 Å². The van der Waals surface area contributed by atoms with Crippen LogP contribution in [-0.4, -0.2) is 14.7 Å². The van der Waals surface area contributed by atoms with Crippen molar-refractivity contribution < 1.29 is 4.52 Å². The van der Waals surface area contributed by atoms with E-state index >= 15 is 0 Å². The summed E-state index contributed by atoms with van der Waals surface area (Å²) in [4.78, 5) is 5.23. The lowest BCUT2D eigenvalue weighted by Crippen LogP contribution is -2.03. The maximum Gasteiger partial charge on any atom is 0.184 e. The molecule has 0 saturated heterocycles. The molecule has 2 aromatic heterocycles. The average molecular weight is 514 g/mol. The van der Waals surface area contributed by atoms with Crippen LogP contribution < -0.4 is 0 Å². The van der Waals surface area contributed by atoms with Crippen molar-refractivity contribution in [2.75, 3.05) is 0 Å². The van der Waals surface area contributed by atoms with Crippen molar-refractivity contribution in [2.45, 2.75) is 6.92 Å². The largest absolute Gasteiger partial charge is 0.354 e. The van der Waals surface area contributed by atoms with E-state index in [1.807, 2.05) is 97.9 Å². The zero-order valence-corrected chi connectivity index (χ0v) is 21.5. The van der Waals surface area contributed by atoms with Gasteiger partial charge in [0.2, 0.25) is 0 Å². The minimum Gasteiger partial charge on any atom is -0.354 e. The van der Waals surface area contributed by atoms with Gasteiger partial charge >= 0.3 is 0 Å². The third kappa shape index (κ3) is 4.47. The van der Waals surface area contributed by atoms with Gasteiger partial charge in [-0.15, -0.1) is 0 Å². The number of hydrogen-bond acceptors (Lipinski definition) is 3. The molecule has 0 fully saturated rings. The van der Waals surface area contributed by atoms with E-state index in [9.17, 15) is 0 Å². The van der Waals surface area contributed by atoms with Crippen LogP contribution in [0, 0.1) is 6.92 Å². The highest BCUT2D eigenvalue weighted by Crippen LogP contribution is 2.41. The summed E-state index contributed by atoms with van der Waals surface area (Å²) in [6.45, 7) is 1.95. The number of hydrogen-bond donors (Lipinski definition) is 0. The highest BCUT2D eigenvalue weighted by Gasteiger charge is 2.27. The zero-order valence-electron chi connectivity index (χ0n) is 20.8. The van der Waals surface area contributed by atoms with E-state index in [2.05, 4.69) is 46.1 Å². The van der Waals surface area contributed by atoms with Gasteiger partial charge in [0, 0.05) is 16.7 Å². The summed E-state index contributed by atoms with van der Waals surface area (Å²) in [5.74, 6) is 1.35. The van der Waals surface area contributed by atoms with Crippen LogP contribution in [0.3, 0.4) is 0 Å². The molecule has 0 aliphatic carbocycles. The number of rotatable bonds is 6. The number of halogens is 1. The molecule has 5 heteroatoms. The molecule has 6 aromatic rings. The van der Waals surface area contributed by atoms with Gasteiger partial charge in [-0.2, -0.15) is 0 Å². The van der Waals surface area contributed by atoms with Crippen molar-refractivity contribution in [3.05, 3.63) is 137 Å². The number of nitrogens with zero attached hydrogens (tertiary/aromatic N) is 3. The fraction of sp³-hybridized carbons (Fsp3) is 0.0303. The Hall–Kier alpha value is -4.67. The third-order valence-corrected chi connectivity index (χ3v) is 6.72. The van der Waals surface area contributed by atoms with Crippen molar-refractivity contribution in [3.63, 3.8) is 0 Å². The lowest BCUT2D eigenvalue weighted by Gasteiger charge is -2.14. The van der Waals surface area contributed by atoms with Crippen LogP contribution in [0.1, 0.15) is 17.0 Å². The van der Waals surface area contributed by atoms with Gasteiger partial charge in [0.15, 0.2) is 5.76 Å². The predicted octanol–water partition coefficient (Wildman–Crippen LogP) is 8.99. The number of imidazole rings is 1. The van der Waals surface area contributed by atoms with Gasteiger partial charge < -0.3 is 4.52 Å². The second-order valence-electron chi connectivity index (χ2n) is 8.90. The summed E-state index contributed by atoms with van der Waals surface area (Å²) >= 11 is 6.76. The Morgan fingerprint density at radius 1 is 0.711 bits per heavy atom. The van der Waals surface area contributed by atoms with E-state index in [0.29, 0.717) is 16.6 Å². The second kappa shape index (κ2) is 10.4. The van der Waals surface area contributed by atoms with Crippen molar-refractivity contribution in [1.82, 2.24) is 14.7 Å². The first kappa shape index (κ1) is 23.7. The van der Waals surface area contributed by atoms with Gasteiger partial charge in [-0.05, 0) is 30.7 Å². The molecule has 0 radical (unpaired) electrons. The molecule has 184 valence electrons. The molecule has 0 amide bonds. The summed E-state index contributed by atoms with van der Waals surface area (Å²) in [5, 5.41) is 4.99. The average Bonchev–Trinajstić information content (AvgIpc) is 3.53. The number of benzene rings is 4. The maximum atomic E-state index is 6.76. The molecule has 0 bridgehead atoms. The van der Waals surface area contributed by atoms with Crippen LogP contribution in [0.5, 0.6) is 0 Å². The Kier molecular flexibility index (Phi) is 6.47. The Balaban J connectivity index is 1.68. The Bertz CT molecular complexity index is 1720. The normalized spacial score (nSPS) is 11.3. The smallest absolute Gasteiger partial charge is 0.184 e. The molecule has 2 heterocycles. The first-order valence-corrected chi connectivity index (χ1v) is 12.8. The van der Waals surface area contributed by atoms with E-state index in [0.717, 1.165) is 45.0 Å². The van der Waals surface area contributed by atoms with Gasteiger partial charge in [-0.25, -0.2) is 4.98 Å². The number of aromatic nitrogens is 3. The van der Waals surface area contributed by atoms with E-state index in [1.54, 1.807) is 0 Å². The molecule has 0 aliphatic rings. The van der Waals surface area contributed by atoms with Gasteiger partial charge in [0.1, 0.15) is 17.2 Å². The van der Waals surface area contributed by atoms with Gasteiger partial charge in [-0.3, -0.25) is 4.57 Å². The van der Waals surface area contributed by atoms with Crippen LogP contribution in [-0.2, 0) is 0 Å². The first-order valence-electron chi connectivity index (χ1n) is 12.4. The van der Waals surface area contributed by atoms with Gasteiger partial charge in [-0.1, -0.05) is 126 Å². The summed E-state index contributed by atoms with van der Waals surface area (Å²) in [7, 11) is 0. The Morgan fingerprint density at radius 3 is 2.00 bits per heavy atom. The minimum absolute atomic E-state index is 0.619. The monoisotopic (exact) mass is 513 g/mol. The summed E-state index contributed by atoms with van der Waals surface area (Å²) < 4.78 is 8.01. The molecule has 4 aromatic carbocycles. The van der Waals surface area contributed by atoms with Crippen LogP contribution in [0.25, 0.3) is 51.7 Å². The third-order valence-electron chi connectivity index (χ3n) is 6.39. The molecule has 0 unspecified atom stereocenters. The molecule has 0 atom stereocenters. The first-order chi connectivity index (χ1) is 18.7. The summed E-state index contributed by atoms with van der Waals surface area (Å²) in [6, 6.07) is 38.4. The highest BCUT2D eigenvalue weighted by atomic mass is 35.5. The van der Waals surface area contributed by atoms with Gasteiger partial charge in [0.25, 0.3) is 0 Å². The van der Waals surface area contributed by atoms with E-state index in [4.69, 9.17) is 21.1 Å². The summed E-state index contributed by atoms with van der Waals surface area (Å²) in [6.07, 6.45) is 3.98. The van der Waals surface area contributed by atoms with E-state index in [-0.39, 0.29) is 0 Å². The molecular weight excluding hydrogens is 490 g/mol.